The van der Waals surface area contributed by atoms with Crippen molar-refractivity contribution in [3.05, 3.63) is 59.5 Å². The van der Waals surface area contributed by atoms with E-state index in [1.807, 2.05) is 18.2 Å². The Morgan fingerprint density at radius 3 is 2.40 bits per heavy atom. The van der Waals surface area contributed by atoms with Crippen LogP contribution in [-0.4, -0.2) is 12.5 Å². The van der Waals surface area contributed by atoms with Gasteiger partial charge >= 0.3 is 0 Å². The number of hydrogen-bond donors (Lipinski definition) is 2. The molecule has 2 aromatic rings. The minimum atomic E-state index is -0.313. The molecule has 0 aliphatic carbocycles. The third kappa shape index (κ3) is 4.09. The summed E-state index contributed by atoms with van der Waals surface area (Å²) in [4.78, 5) is 21.8. The van der Waals surface area contributed by atoms with Crippen LogP contribution in [0.4, 0.5) is 11.4 Å². The number of benzene rings is 2. The second kappa shape index (κ2) is 6.89. The van der Waals surface area contributed by atoms with E-state index in [-0.39, 0.29) is 12.5 Å². The molecule has 0 heterocycles. The molecule has 0 saturated carbocycles. The Hall–Kier alpha value is -2.89. The van der Waals surface area contributed by atoms with Crippen molar-refractivity contribution in [3.8, 4) is 5.75 Å². The number of hydrazine groups is 1. The first-order valence-electron chi connectivity index (χ1n) is 5.94. The fourth-order valence-corrected chi connectivity index (χ4v) is 1.45. The molecule has 0 aliphatic rings. The molecule has 2 aromatic carbocycles. The second-order valence-electron chi connectivity index (χ2n) is 3.91. The Kier molecular flexibility index (Phi) is 4.66. The number of ether oxygens (including phenoxy) is 1. The van der Waals surface area contributed by atoms with E-state index < -0.39 is 0 Å². The van der Waals surface area contributed by atoms with E-state index in [9.17, 15) is 9.70 Å². The van der Waals surface area contributed by atoms with Gasteiger partial charge in [0.05, 0.1) is 5.69 Å². The molecule has 2 N–H and O–H groups in total. The fourth-order valence-electron chi connectivity index (χ4n) is 1.45. The lowest BCUT2D eigenvalue weighted by Crippen LogP contribution is -2.33. The van der Waals surface area contributed by atoms with Crippen molar-refractivity contribution in [2.24, 2.45) is 5.18 Å². The Bertz CT molecular complexity index is 570. The van der Waals surface area contributed by atoms with Crippen LogP contribution >= 0.6 is 0 Å². The number of nitrogens with one attached hydrogen (secondary N) is 2. The lowest BCUT2D eigenvalue weighted by Gasteiger charge is -2.09. The summed E-state index contributed by atoms with van der Waals surface area (Å²) in [5.41, 5.74) is 6.16. The van der Waals surface area contributed by atoms with Gasteiger partial charge < -0.3 is 4.74 Å². The molecule has 6 heteroatoms. The molecule has 6 nitrogen and oxygen atoms in total. The number of anilines is 1. The van der Waals surface area contributed by atoms with Gasteiger partial charge in [-0.3, -0.25) is 15.6 Å². The van der Waals surface area contributed by atoms with Gasteiger partial charge in [-0.15, -0.1) is 4.91 Å². The van der Waals surface area contributed by atoms with Crippen LogP contribution in [0.25, 0.3) is 0 Å². The number of rotatable bonds is 6. The first-order valence-corrected chi connectivity index (χ1v) is 5.94. The van der Waals surface area contributed by atoms with Crippen LogP contribution in [0.5, 0.6) is 5.75 Å². The monoisotopic (exact) mass is 271 g/mol. The van der Waals surface area contributed by atoms with Gasteiger partial charge in [-0.25, -0.2) is 0 Å². The molecule has 0 aromatic heterocycles. The van der Waals surface area contributed by atoms with Crippen LogP contribution in [0.2, 0.25) is 0 Å². The average Bonchev–Trinajstić information content (AvgIpc) is 2.52. The predicted octanol–water partition coefficient (Wildman–Crippen LogP) is 2.61. The summed E-state index contributed by atoms with van der Waals surface area (Å²) in [5, 5.41) is 2.78. The molecule has 20 heavy (non-hydrogen) atoms. The van der Waals surface area contributed by atoms with E-state index in [2.05, 4.69) is 16.0 Å². The number of carbonyl (C=O) groups is 1. The summed E-state index contributed by atoms with van der Waals surface area (Å²) in [7, 11) is 0. The summed E-state index contributed by atoms with van der Waals surface area (Å²) in [6.45, 7) is -0.0923. The maximum atomic E-state index is 11.5. The van der Waals surface area contributed by atoms with Crippen LogP contribution in [0, 0.1) is 4.91 Å². The summed E-state index contributed by atoms with van der Waals surface area (Å²) in [6, 6.07) is 15.4. The van der Waals surface area contributed by atoms with Gasteiger partial charge in [0.2, 0.25) is 0 Å². The topological polar surface area (TPSA) is 79.8 Å². The average molecular weight is 271 g/mol. The van der Waals surface area contributed by atoms with Crippen molar-refractivity contribution in [1.29, 1.82) is 0 Å². The highest BCUT2D eigenvalue weighted by atomic mass is 16.5. The molecule has 0 fully saturated rings. The van der Waals surface area contributed by atoms with Crippen molar-refractivity contribution in [2.75, 3.05) is 12.0 Å². The first kappa shape index (κ1) is 13.5. The van der Waals surface area contributed by atoms with Gasteiger partial charge in [0, 0.05) is 0 Å². The Morgan fingerprint density at radius 1 is 1.05 bits per heavy atom. The number of hydrogen-bond acceptors (Lipinski definition) is 5. The van der Waals surface area contributed by atoms with Gasteiger partial charge in [-0.1, -0.05) is 18.2 Å². The van der Waals surface area contributed by atoms with Gasteiger partial charge in [-0.2, -0.15) is 0 Å². The zero-order chi connectivity index (χ0) is 14.2. The van der Waals surface area contributed by atoms with Crippen molar-refractivity contribution < 1.29 is 9.53 Å². The van der Waals surface area contributed by atoms with E-state index in [1.54, 1.807) is 36.4 Å². The molecular formula is C14H13N3O3. The molecule has 0 saturated heterocycles. The number of nitrogens with zero attached hydrogens (tertiary/aromatic N) is 1. The van der Waals surface area contributed by atoms with Crippen LogP contribution in [-0.2, 0) is 4.79 Å². The van der Waals surface area contributed by atoms with Crippen molar-refractivity contribution in [2.45, 2.75) is 0 Å². The van der Waals surface area contributed by atoms with E-state index in [1.165, 1.54) is 0 Å². The zero-order valence-corrected chi connectivity index (χ0v) is 10.6. The second-order valence-corrected chi connectivity index (χ2v) is 3.91. The van der Waals surface area contributed by atoms with E-state index in [0.29, 0.717) is 17.1 Å². The van der Waals surface area contributed by atoms with E-state index in [4.69, 9.17) is 4.74 Å². The molecule has 0 aliphatic heterocycles. The Balaban J connectivity index is 1.75. The molecule has 0 spiro atoms. The largest absolute Gasteiger partial charge is 0.484 e. The molecule has 0 bridgehead atoms. The number of carbonyl (C=O) groups excluding carboxylic acids is 1. The van der Waals surface area contributed by atoms with Gasteiger partial charge in [0.1, 0.15) is 11.4 Å². The van der Waals surface area contributed by atoms with Crippen LogP contribution in [0.3, 0.4) is 0 Å². The van der Waals surface area contributed by atoms with Crippen molar-refractivity contribution >= 4 is 17.3 Å². The van der Waals surface area contributed by atoms with Gasteiger partial charge in [-0.05, 0) is 41.6 Å². The minimum absolute atomic E-state index is 0.0923. The lowest BCUT2D eigenvalue weighted by molar-refractivity contribution is -0.122. The minimum Gasteiger partial charge on any atom is -0.484 e. The molecular weight excluding hydrogens is 258 g/mol. The predicted molar refractivity (Wildman–Crippen MR) is 75.6 cm³/mol. The first-order chi connectivity index (χ1) is 9.78. The molecule has 102 valence electrons. The molecule has 0 unspecified atom stereocenters. The van der Waals surface area contributed by atoms with Crippen molar-refractivity contribution in [3.63, 3.8) is 0 Å². The van der Waals surface area contributed by atoms with E-state index >= 15 is 0 Å². The maximum absolute atomic E-state index is 11.5. The van der Waals surface area contributed by atoms with Gasteiger partial charge in [0.25, 0.3) is 5.91 Å². The highest BCUT2D eigenvalue weighted by Crippen LogP contribution is 2.14. The molecule has 2 rings (SSSR count). The summed E-state index contributed by atoms with van der Waals surface area (Å²) in [5.74, 6) is 0.315. The Morgan fingerprint density at radius 2 is 1.75 bits per heavy atom. The third-order valence-corrected chi connectivity index (χ3v) is 2.43. The SMILES string of the molecule is O=Nc1ccc(NNC(=O)COc2ccccc2)cc1. The normalized spacial score (nSPS) is 9.60. The summed E-state index contributed by atoms with van der Waals surface area (Å²) >= 11 is 0. The summed E-state index contributed by atoms with van der Waals surface area (Å²) < 4.78 is 5.28. The number of amides is 1. The van der Waals surface area contributed by atoms with Crippen LogP contribution in [0.1, 0.15) is 0 Å². The molecule has 0 atom stereocenters. The number of para-hydroxylation sites is 1. The van der Waals surface area contributed by atoms with Crippen LogP contribution < -0.4 is 15.6 Å². The highest BCUT2D eigenvalue weighted by molar-refractivity contribution is 5.78. The maximum Gasteiger partial charge on any atom is 0.276 e. The fraction of sp³-hybridized carbons (Fsp3) is 0.0714. The quantitative estimate of drug-likeness (QED) is 0.625. The van der Waals surface area contributed by atoms with Gasteiger partial charge in [0.15, 0.2) is 6.61 Å². The standard InChI is InChI=1S/C14H13N3O3/c18-14(10-20-13-4-2-1-3-5-13)16-15-11-6-8-12(17-19)9-7-11/h1-9,15H,10H2,(H,16,18). The zero-order valence-electron chi connectivity index (χ0n) is 10.6. The highest BCUT2D eigenvalue weighted by Gasteiger charge is 2.02. The van der Waals surface area contributed by atoms with Crippen LogP contribution in [0.15, 0.2) is 59.8 Å². The lowest BCUT2D eigenvalue weighted by atomic mass is 10.3. The van der Waals surface area contributed by atoms with E-state index in [0.717, 1.165) is 0 Å². The Labute approximate surface area is 115 Å². The molecule has 1 amide bonds. The summed E-state index contributed by atoms with van der Waals surface area (Å²) in [6.07, 6.45) is 0. The molecule has 0 radical (unpaired) electrons. The van der Waals surface area contributed by atoms with Crippen molar-refractivity contribution in [1.82, 2.24) is 5.43 Å². The third-order valence-electron chi connectivity index (χ3n) is 2.43. The smallest absolute Gasteiger partial charge is 0.276 e. The number of nitroso groups, excluding NO2 is 1.